The smallest absolute Gasteiger partial charge is 0.0377 e. The second kappa shape index (κ2) is 5.94. The molecule has 110 valence electrons. The summed E-state index contributed by atoms with van der Waals surface area (Å²) in [7, 11) is 0. The van der Waals surface area contributed by atoms with Crippen molar-refractivity contribution in [3.05, 3.63) is 69.7 Å². The zero-order valence-corrected chi connectivity index (χ0v) is 14.3. The third-order valence-corrected chi connectivity index (χ3v) is 5.08. The Bertz CT molecular complexity index is 633. The van der Waals surface area contributed by atoms with E-state index in [2.05, 4.69) is 83.6 Å². The Morgan fingerprint density at radius 2 is 1.95 bits per heavy atom. The lowest BCUT2D eigenvalue weighted by Gasteiger charge is -2.40. The summed E-state index contributed by atoms with van der Waals surface area (Å²) >= 11 is 3.55. The van der Waals surface area contributed by atoms with E-state index in [0.29, 0.717) is 11.5 Å². The number of halogens is 1. The Hall–Kier alpha value is -1.12. The van der Waals surface area contributed by atoms with Crippen LogP contribution in [0.1, 0.15) is 43.0 Å². The van der Waals surface area contributed by atoms with Crippen LogP contribution in [-0.2, 0) is 13.0 Å². The highest BCUT2D eigenvalue weighted by Gasteiger charge is 2.35. The molecule has 0 heterocycles. The van der Waals surface area contributed by atoms with Crippen molar-refractivity contribution in [1.82, 2.24) is 5.32 Å². The monoisotopic (exact) mass is 343 g/mol. The molecule has 1 unspecified atom stereocenters. The summed E-state index contributed by atoms with van der Waals surface area (Å²) in [5.41, 5.74) is 4.59. The van der Waals surface area contributed by atoms with E-state index in [1.54, 1.807) is 0 Å². The maximum absolute atomic E-state index is 3.79. The van der Waals surface area contributed by atoms with Gasteiger partial charge in [0.1, 0.15) is 0 Å². The minimum absolute atomic E-state index is 0.292. The van der Waals surface area contributed by atoms with Crippen LogP contribution < -0.4 is 5.32 Å². The molecule has 1 aliphatic carbocycles. The normalized spacial score (nSPS) is 20.0. The molecule has 0 radical (unpaired) electrons. The lowest BCUT2D eigenvalue weighted by atomic mass is 9.70. The molecule has 1 N–H and O–H groups in total. The molecule has 1 atom stereocenters. The Labute approximate surface area is 135 Å². The highest BCUT2D eigenvalue weighted by molar-refractivity contribution is 9.10. The number of hydrogen-bond donors (Lipinski definition) is 1. The van der Waals surface area contributed by atoms with E-state index in [9.17, 15) is 0 Å². The highest BCUT2D eigenvalue weighted by atomic mass is 79.9. The first-order valence-corrected chi connectivity index (χ1v) is 8.41. The van der Waals surface area contributed by atoms with Crippen molar-refractivity contribution in [2.24, 2.45) is 5.41 Å². The lowest BCUT2D eigenvalue weighted by molar-refractivity contribution is 0.208. The van der Waals surface area contributed by atoms with Crippen LogP contribution in [0.3, 0.4) is 0 Å². The van der Waals surface area contributed by atoms with Crippen LogP contribution in [0.4, 0.5) is 0 Å². The average molecular weight is 344 g/mol. The van der Waals surface area contributed by atoms with Gasteiger partial charge in [0.05, 0.1) is 0 Å². The Balaban J connectivity index is 1.83. The van der Waals surface area contributed by atoms with Gasteiger partial charge in [-0.3, -0.25) is 0 Å². The standard InChI is InChI=1S/C19H22BrN/c1-19(2)11-10-15-7-3-4-9-17(15)18(19)21-13-14-6-5-8-16(20)12-14/h3-9,12,18,21H,10-11,13H2,1-2H3. The van der Waals surface area contributed by atoms with E-state index in [0.717, 1.165) is 11.0 Å². The van der Waals surface area contributed by atoms with Crippen molar-refractivity contribution in [3.63, 3.8) is 0 Å². The minimum atomic E-state index is 0.292. The van der Waals surface area contributed by atoms with Crippen LogP contribution in [0.25, 0.3) is 0 Å². The molecule has 0 aliphatic heterocycles. The van der Waals surface area contributed by atoms with Crippen molar-refractivity contribution in [1.29, 1.82) is 0 Å². The van der Waals surface area contributed by atoms with Crippen LogP contribution in [0.5, 0.6) is 0 Å². The predicted octanol–water partition coefficient (Wildman–Crippen LogP) is 5.25. The molecule has 2 heteroatoms. The second-order valence-electron chi connectivity index (χ2n) is 6.63. The molecule has 0 bridgehead atoms. The molecule has 0 spiro atoms. The van der Waals surface area contributed by atoms with Gasteiger partial charge in [-0.2, -0.15) is 0 Å². The third kappa shape index (κ3) is 3.22. The first-order chi connectivity index (χ1) is 10.1. The van der Waals surface area contributed by atoms with Crippen molar-refractivity contribution < 1.29 is 0 Å². The van der Waals surface area contributed by atoms with Crippen LogP contribution >= 0.6 is 15.9 Å². The summed E-state index contributed by atoms with van der Waals surface area (Å²) in [6, 6.07) is 17.8. The number of benzene rings is 2. The van der Waals surface area contributed by atoms with E-state index in [4.69, 9.17) is 0 Å². The van der Waals surface area contributed by atoms with Crippen LogP contribution in [0, 0.1) is 5.41 Å². The molecule has 0 saturated carbocycles. The molecule has 1 aliphatic rings. The van der Waals surface area contributed by atoms with Crippen molar-refractivity contribution in [3.8, 4) is 0 Å². The predicted molar refractivity (Wildman–Crippen MR) is 92.3 cm³/mol. The van der Waals surface area contributed by atoms with Crippen molar-refractivity contribution in [2.75, 3.05) is 0 Å². The Morgan fingerprint density at radius 1 is 1.14 bits per heavy atom. The molecule has 0 fully saturated rings. The van der Waals surface area contributed by atoms with Gasteiger partial charge < -0.3 is 5.32 Å². The zero-order valence-electron chi connectivity index (χ0n) is 12.7. The quantitative estimate of drug-likeness (QED) is 0.802. The fourth-order valence-corrected chi connectivity index (χ4v) is 3.77. The van der Waals surface area contributed by atoms with E-state index >= 15 is 0 Å². The molecule has 2 aromatic carbocycles. The summed E-state index contributed by atoms with van der Waals surface area (Å²) in [4.78, 5) is 0. The fraction of sp³-hybridized carbons (Fsp3) is 0.368. The summed E-state index contributed by atoms with van der Waals surface area (Å²) in [6.45, 7) is 5.66. The topological polar surface area (TPSA) is 12.0 Å². The van der Waals surface area contributed by atoms with Crippen molar-refractivity contribution in [2.45, 2.75) is 39.3 Å². The number of fused-ring (bicyclic) bond motifs is 1. The largest absolute Gasteiger partial charge is 0.305 e. The van der Waals surface area contributed by atoms with Crippen LogP contribution in [0.15, 0.2) is 53.0 Å². The minimum Gasteiger partial charge on any atom is -0.305 e. The molecule has 3 rings (SSSR count). The number of aryl methyl sites for hydroxylation is 1. The molecule has 1 nitrogen and oxygen atoms in total. The van der Waals surface area contributed by atoms with Gasteiger partial charge in [0, 0.05) is 17.1 Å². The average Bonchev–Trinajstić information content (AvgIpc) is 2.46. The third-order valence-electron chi connectivity index (χ3n) is 4.59. The van der Waals surface area contributed by atoms with E-state index in [-0.39, 0.29) is 0 Å². The molecular formula is C19H22BrN. The molecule has 21 heavy (non-hydrogen) atoms. The zero-order chi connectivity index (χ0) is 14.9. The van der Waals surface area contributed by atoms with Gasteiger partial charge in [0.25, 0.3) is 0 Å². The van der Waals surface area contributed by atoms with Gasteiger partial charge in [-0.05, 0) is 47.1 Å². The van der Waals surface area contributed by atoms with Gasteiger partial charge >= 0.3 is 0 Å². The molecular weight excluding hydrogens is 322 g/mol. The van der Waals surface area contributed by atoms with E-state index < -0.39 is 0 Å². The van der Waals surface area contributed by atoms with E-state index in [1.165, 1.54) is 29.5 Å². The fourth-order valence-electron chi connectivity index (χ4n) is 3.32. The number of hydrogen-bond acceptors (Lipinski definition) is 1. The highest BCUT2D eigenvalue weighted by Crippen LogP contribution is 2.43. The van der Waals surface area contributed by atoms with Gasteiger partial charge in [-0.15, -0.1) is 0 Å². The maximum atomic E-state index is 3.79. The summed E-state index contributed by atoms with van der Waals surface area (Å²) in [5.74, 6) is 0. The number of rotatable bonds is 3. The Morgan fingerprint density at radius 3 is 2.76 bits per heavy atom. The van der Waals surface area contributed by atoms with Crippen molar-refractivity contribution >= 4 is 15.9 Å². The first kappa shape index (κ1) is 14.8. The molecule has 2 aromatic rings. The van der Waals surface area contributed by atoms with Gasteiger partial charge in [0.15, 0.2) is 0 Å². The first-order valence-electron chi connectivity index (χ1n) is 7.62. The van der Waals surface area contributed by atoms with E-state index in [1.807, 2.05) is 0 Å². The summed E-state index contributed by atoms with van der Waals surface area (Å²) in [6.07, 6.45) is 2.43. The van der Waals surface area contributed by atoms with Gasteiger partial charge in [-0.25, -0.2) is 0 Å². The summed E-state index contributed by atoms with van der Waals surface area (Å²) in [5, 5.41) is 3.79. The van der Waals surface area contributed by atoms with Gasteiger partial charge in [-0.1, -0.05) is 66.2 Å². The molecule has 0 aromatic heterocycles. The molecule has 0 amide bonds. The van der Waals surface area contributed by atoms with Crippen LogP contribution in [0.2, 0.25) is 0 Å². The maximum Gasteiger partial charge on any atom is 0.0377 e. The van der Waals surface area contributed by atoms with Crippen LogP contribution in [-0.4, -0.2) is 0 Å². The SMILES string of the molecule is CC1(C)CCc2ccccc2C1NCc1cccc(Br)c1. The Kier molecular flexibility index (Phi) is 4.19. The number of nitrogens with one attached hydrogen (secondary N) is 1. The molecule has 0 saturated heterocycles. The second-order valence-corrected chi connectivity index (χ2v) is 7.55. The van der Waals surface area contributed by atoms with Gasteiger partial charge in [0.2, 0.25) is 0 Å². The summed E-state index contributed by atoms with van der Waals surface area (Å²) < 4.78 is 1.14. The lowest BCUT2D eigenvalue weighted by Crippen LogP contribution is -2.37.